The Morgan fingerprint density at radius 3 is 2.52 bits per heavy atom. The quantitative estimate of drug-likeness (QED) is 0.756. The van der Waals surface area contributed by atoms with E-state index >= 15 is 0 Å². The van der Waals surface area contributed by atoms with Crippen LogP contribution in [0.1, 0.15) is 37.7 Å². The molecular formula is C18H25NO4. The van der Waals surface area contributed by atoms with E-state index in [0.29, 0.717) is 0 Å². The minimum Gasteiger partial charge on any atom is -0.497 e. The number of amides is 1. The standard InChI is InChI=1S/C18H25NO4/c1-22-16-8-6-14(7-9-16)13-15-5-3-4-12-19(15)17(20)10-11-18(21)23-2/h6-9,15H,3-5,10-13H2,1-2H3. The van der Waals surface area contributed by atoms with Crippen molar-refractivity contribution in [2.75, 3.05) is 20.8 Å². The number of esters is 1. The van der Waals surface area contributed by atoms with Crippen LogP contribution in [0.2, 0.25) is 0 Å². The molecule has 0 N–H and O–H groups in total. The van der Waals surface area contributed by atoms with Crippen molar-refractivity contribution in [3.05, 3.63) is 29.8 Å². The van der Waals surface area contributed by atoms with Crippen molar-refractivity contribution < 1.29 is 19.1 Å². The molecule has 126 valence electrons. The predicted molar refractivity (Wildman–Crippen MR) is 87.3 cm³/mol. The van der Waals surface area contributed by atoms with Crippen LogP contribution in [0.25, 0.3) is 0 Å². The van der Waals surface area contributed by atoms with E-state index in [1.165, 1.54) is 12.7 Å². The van der Waals surface area contributed by atoms with Gasteiger partial charge < -0.3 is 14.4 Å². The molecule has 1 aliphatic heterocycles. The van der Waals surface area contributed by atoms with E-state index in [0.717, 1.165) is 38.0 Å². The summed E-state index contributed by atoms with van der Waals surface area (Å²) in [6, 6.07) is 8.19. The lowest BCUT2D eigenvalue weighted by Gasteiger charge is -2.36. The van der Waals surface area contributed by atoms with Crippen molar-refractivity contribution in [3.63, 3.8) is 0 Å². The van der Waals surface area contributed by atoms with E-state index < -0.39 is 0 Å². The first-order valence-corrected chi connectivity index (χ1v) is 8.13. The van der Waals surface area contributed by atoms with Gasteiger partial charge in [-0.1, -0.05) is 12.1 Å². The zero-order chi connectivity index (χ0) is 16.7. The molecule has 0 aliphatic carbocycles. The molecule has 23 heavy (non-hydrogen) atoms. The fraction of sp³-hybridized carbons (Fsp3) is 0.556. The highest BCUT2D eigenvalue weighted by Crippen LogP contribution is 2.23. The molecule has 1 fully saturated rings. The average Bonchev–Trinajstić information content (AvgIpc) is 2.60. The Bertz CT molecular complexity index is 526. The third-order valence-electron chi connectivity index (χ3n) is 4.35. The second-order valence-electron chi connectivity index (χ2n) is 5.87. The van der Waals surface area contributed by atoms with Gasteiger partial charge in [0.05, 0.1) is 20.6 Å². The predicted octanol–water partition coefficient (Wildman–Crippen LogP) is 2.57. The van der Waals surface area contributed by atoms with Crippen molar-refractivity contribution in [1.82, 2.24) is 4.90 Å². The van der Waals surface area contributed by atoms with E-state index in [1.807, 2.05) is 29.2 Å². The third kappa shape index (κ3) is 4.98. The Kier molecular flexibility index (Phi) is 6.44. The first-order chi connectivity index (χ1) is 11.1. The molecule has 5 nitrogen and oxygen atoms in total. The minimum atomic E-state index is -0.331. The molecule has 5 heteroatoms. The maximum absolute atomic E-state index is 12.4. The summed E-state index contributed by atoms with van der Waals surface area (Å²) in [6.07, 6.45) is 4.40. The van der Waals surface area contributed by atoms with Gasteiger partial charge in [-0.3, -0.25) is 9.59 Å². The topological polar surface area (TPSA) is 55.8 Å². The Hall–Kier alpha value is -2.04. The first kappa shape index (κ1) is 17.3. The molecule has 1 aliphatic rings. The summed E-state index contributed by atoms with van der Waals surface area (Å²) in [4.78, 5) is 25.6. The van der Waals surface area contributed by atoms with E-state index in [4.69, 9.17) is 4.74 Å². The lowest BCUT2D eigenvalue weighted by Crippen LogP contribution is -2.45. The summed E-state index contributed by atoms with van der Waals surface area (Å²) in [7, 11) is 3.00. The number of rotatable bonds is 6. The van der Waals surface area contributed by atoms with Crippen LogP contribution >= 0.6 is 0 Å². The number of carbonyl (C=O) groups is 2. The van der Waals surface area contributed by atoms with Gasteiger partial charge in [0.2, 0.25) is 5.91 Å². The van der Waals surface area contributed by atoms with Gasteiger partial charge in [-0.2, -0.15) is 0 Å². The number of likely N-dealkylation sites (tertiary alicyclic amines) is 1. The van der Waals surface area contributed by atoms with Crippen LogP contribution in [0.5, 0.6) is 5.75 Å². The normalized spacial score (nSPS) is 17.7. The highest BCUT2D eigenvalue weighted by molar-refractivity contribution is 5.81. The highest BCUT2D eigenvalue weighted by Gasteiger charge is 2.26. The van der Waals surface area contributed by atoms with Crippen molar-refractivity contribution >= 4 is 11.9 Å². The molecule has 0 spiro atoms. The molecule has 1 aromatic rings. The van der Waals surface area contributed by atoms with Crippen molar-refractivity contribution in [2.45, 2.75) is 44.6 Å². The Labute approximate surface area is 137 Å². The van der Waals surface area contributed by atoms with E-state index in [2.05, 4.69) is 4.74 Å². The second kappa shape index (κ2) is 8.56. The van der Waals surface area contributed by atoms with Crippen LogP contribution in [-0.2, 0) is 20.7 Å². The van der Waals surface area contributed by atoms with E-state index in [1.54, 1.807) is 7.11 Å². The number of methoxy groups -OCH3 is 2. The summed E-state index contributed by atoms with van der Waals surface area (Å²) >= 11 is 0. The Morgan fingerprint density at radius 1 is 1.13 bits per heavy atom. The van der Waals surface area contributed by atoms with Crippen LogP contribution in [0.4, 0.5) is 0 Å². The lowest BCUT2D eigenvalue weighted by molar-refractivity contribution is -0.144. The number of hydrogen-bond acceptors (Lipinski definition) is 4. The summed E-state index contributed by atoms with van der Waals surface area (Å²) in [5.74, 6) is 0.555. The smallest absolute Gasteiger partial charge is 0.306 e. The average molecular weight is 319 g/mol. The highest BCUT2D eigenvalue weighted by atomic mass is 16.5. The molecule has 1 atom stereocenters. The zero-order valence-electron chi connectivity index (χ0n) is 13.9. The van der Waals surface area contributed by atoms with Gasteiger partial charge in [0, 0.05) is 19.0 Å². The molecule has 2 rings (SSSR count). The van der Waals surface area contributed by atoms with Crippen LogP contribution < -0.4 is 4.74 Å². The lowest BCUT2D eigenvalue weighted by atomic mass is 9.95. The van der Waals surface area contributed by atoms with Crippen LogP contribution in [0, 0.1) is 0 Å². The van der Waals surface area contributed by atoms with Gasteiger partial charge in [0.25, 0.3) is 0 Å². The van der Waals surface area contributed by atoms with Gasteiger partial charge in [0.15, 0.2) is 0 Å². The van der Waals surface area contributed by atoms with Gasteiger partial charge in [-0.15, -0.1) is 0 Å². The third-order valence-corrected chi connectivity index (χ3v) is 4.35. The minimum absolute atomic E-state index is 0.0496. The van der Waals surface area contributed by atoms with E-state index in [9.17, 15) is 9.59 Å². The maximum atomic E-state index is 12.4. The molecule has 1 aromatic carbocycles. The maximum Gasteiger partial charge on any atom is 0.306 e. The van der Waals surface area contributed by atoms with Crippen LogP contribution in [0.15, 0.2) is 24.3 Å². The fourth-order valence-corrected chi connectivity index (χ4v) is 3.03. The molecule has 0 radical (unpaired) electrons. The summed E-state index contributed by atoms with van der Waals surface area (Å²) < 4.78 is 9.79. The Morgan fingerprint density at radius 2 is 1.87 bits per heavy atom. The molecule has 0 bridgehead atoms. The number of benzene rings is 1. The first-order valence-electron chi connectivity index (χ1n) is 8.13. The van der Waals surface area contributed by atoms with Crippen molar-refractivity contribution in [3.8, 4) is 5.75 Å². The van der Waals surface area contributed by atoms with Gasteiger partial charge in [-0.25, -0.2) is 0 Å². The van der Waals surface area contributed by atoms with Crippen LogP contribution in [-0.4, -0.2) is 43.6 Å². The number of piperidine rings is 1. The summed E-state index contributed by atoms with van der Waals surface area (Å²) in [5.41, 5.74) is 1.20. The monoisotopic (exact) mass is 319 g/mol. The number of carbonyl (C=O) groups excluding carboxylic acids is 2. The Balaban J connectivity index is 1.96. The SMILES string of the molecule is COC(=O)CCC(=O)N1CCCCC1Cc1ccc(OC)cc1. The molecule has 1 heterocycles. The van der Waals surface area contributed by atoms with E-state index in [-0.39, 0.29) is 30.8 Å². The summed E-state index contributed by atoms with van der Waals surface area (Å²) in [6.45, 7) is 0.779. The largest absolute Gasteiger partial charge is 0.497 e. The van der Waals surface area contributed by atoms with Gasteiger partial charge in [-0.05, 0) is 43.4 Å². The van der Waals surface area contributed by atoms with Crippen molar-refractivity contribution in [2.24, 2.45) is 0 Å². The molecule has 1 saturated heterocycles. The molecular weight excluding hydrogens is 294 g/mol. The zero-order valence-corrected chi connectivity index (χ0v) is 13.9. The van der Waals surface area contributed by atoms with Crippen LogP contribution in [0.3, 0.4) is 0 Å². The number of nitrogens with zero attached hydrogens (tertiary/aromatic N) is 1. The second-order valence-corrected chi connectivity index (χ2v) is 5.87. The van der Waals surface area contributed by atoms with Crippen molar-refractivity contribution in [1.29, 1.82) is 0 Å². The number of hydrogen-bond donors (Lipinski definition) is 0. The fourth-order valence-electron chi connectivity index (χ4n) is 3.03. The summed E-state index contributed by atoms with van der Waals surface area (Å²) in [5, 5.41) is 0. The molecule has 1 amide bonds. The molecule has 0 saturated carbocycles. The van der Waals surface area contributed by atoms with Gasteiger partial charge in [0.1, 0.15) is 5.75 Å². The molecule has 0 aromatic heterocycles. The number of ether oxygens (including phenoxy) is 2. The molecule has 1 unspecified atom stereocenters. The van der Waals surface area contributed by atoms with Gasteiger partial charge >= 0.3 is 5.97 Å².